The van der Waals surface area contributed by atoms with Crippen molar-refractivity contribution in [2.75, 3.05) is 13.1 Å². The number of rotatable bonds is 3. The van der Waals surface area contributed by atoms with E-state index < -0.39 is 0 Å². The molecular weight excluding hydrogens is 266 g/mol. The molecule has 0 bridgehead atoms. The van der Waals surface area contributed by atoms with Crippen molar-refractivity contribution < 1.29 is 9.32 Å². The zero-order chi connectivity index (χ0) is 14.7. The Morgan fingerprint density at radius 1 is 1.43 bits per heavy atom. The molecule has 3 rings (SSSR count). The fourth-order valence-electron chi connectivity index (χ4n) is 3.27. The standard InChI is InChI=1S/C16H23N3O2/c1-12-17-16(18-21-12)14-8-5-9-19(11-14)15(20)10-13-6-3-2-4-7-13/h6,14H,2-5,7-11H2,1H3. The van der Waals surface area contributed by atoms with Crippen LogP contribution in [-0.4, -0.2) is 34.0 Å². The van der Waals surface area contributed by atoms with E-state index in [-0.39, 0.29) is 11.8 Å². The number of aromatic nitrogens is 2. The third-order valence-electron chi connectivity index (χ3n) is 4.45. The molecule has 0 N–H and O–H groups in total. The maximum atomic E-state index is 12.5. The molecule has 1 fully saturated rings. The van der Waals surface area contributed by atoms with Crippen LogP contribution in [0.4, 0.5) is 0 Å². The van der Waals surface area contributed by atoms with Gasteiger partial charge in [0.1, 0.15) is 0 Å². The van der Waals surface area contributed by atoms with E-state index in [4.69, 9.17) is 4.52 Å². The van der Waals surface area contributed by atoms with Gasteiger partial charge in [0.15, 0.2) is 5.82 Å². The number of allylic oxidation sites excluding steroid dienone is 1. The van der Waals surface area contributed by atoms with Crippen LogP contribution in [0.3, 0.4) is 0 Å². The summed E-state index contributed by atoms with van der Waals surface area (Å²) < 4.78 is 5.06. The van der Waals surface area contributed by atoms with Crippen LogP contribution < -0.4 is 0 Å². The molecule has 0 saturated carbocycles. The van der Waals surface area contributed by atoms with Gasteiger partial charge in [-0.15, -0.1) is 0 Å². The summed E-state index contributed by atoms with van der Waals surface area (Å²) in [5.74, 6) is 1.83. The number of nitrogens with zero attached hydrogens (tertiary/aromatic N) is 3. The first kappa shape index (κ1) is 14.3. The Bertz CT molecular complexity index is 535. The van der Waals surface area contributed by atoms with Gasteiger partial charge in [-0.1, -0.05) is 16.8 Å². The molecule has 5 nitrogen and oxygen atoms in total. The molecule has 1 aliphatic heterocycles. The number of piperidine rings is 1. The SMILES string of the molecule is Cc1nc(C2CCCN(C(=O)CC3=CCCCC3)C2)no1. The van der Waals surface area contributed by atoms with Crippen molar-refractivity contribution in [3.8, 4) is 0 Å². The summed E-state index contributed by atoms with van der Waals surface area (Å²) in [6.45, 7) is 3.39. The van der Waals surface area contributed by atoms with E-state index in [1.54, 1.807) is 6.92 Å². The lowest BCUT2D eigenvalue weighted by atomic mass is 9.94. The quantitative estimate of drug-likeness (QED) is 0.803. The van der Waals surface area contributed by atoms with E-state index in [1.807, 2.05) is 4.90 Å². The summed E-state index contributed by atoms with van der Waals surface area (Å²) in [6.07, 6.45) is 9.61. The Balaban J connectivity index is 1.60. The van der Waals surface area contributed by atoms with Crippen molar-refractivity contribution >= 4 is 5.91 Å². The first-order chi connectivity index (χ1) is 10.2. The number of carbonyl (C=O) groups excluding carboxylic acids is 1. The third kappa shape index (κ3) is 3.52. The average Bonchev–Trinajstić information content (AvgIpc) is 2.95. The Hall–Kier alpha value is -1.65. The molecule has 2 heterocycles. The van der Waals surface area contributed by atoms with E-state index in [0.29, 0.717) is 12.3 Å². The number of likely N-dealkylation sites (tertiary alicyclic amines) is 1. The number of hydrogen-bond donors (Lipinski definition) is 0. The molecule has 0 aromatic carbocycles. The lowest BCUT2D eigenvalue weighted by molar-refractivity contribution is -0.131. The second-order valence-electron chi connectivity index (χ2n) is 6.14. The fourth-order valence-corrected chi connectivity index (χ4v) is 3.27. The third-order valence-corrected chi connectivity index (χ3v) is 4.45. The minimum atomic E-state index is 0.223. The second-order valence-corrected chi connectivity index (χ2v) is 6.14. The van der Waals surface area contributed by atoms with Gasteiger partial charge in [-0.2, -0.15) is 4.98 Å². The zero-order valence-corrected chi connectivity index (χ0v) is 12.7. The van der Waals surface area contributed by atoms with Crippen LogP contribution in [0.5, 0.6) is 0 Å². The number of amides is 1. The summed E-state index contributed by atoms with van der Waals surface area (Å²) in [6, 6.07) is 0. The highest BCUT2D eigenvalue weighted by molar-refractivity contribution is 5.79. The van der Waals surface area contributed by atoms with E-state index in [9.17, 15) is 4.79 Å². The lowest BCUT2D eigenvalue weighted by Crippen LogP contribution is -2.39. The predicted octanol–water partition coefficient (Wildman–Crippen LogP) is 2.97. The van der Waals surface area contributed by atoms with E-state index in [2.05, 4.69) is 16.2 Å². The van der Waals surface area contributed by atoms with Gasteiger partial charge < -0.3 is 9.42 Å². The molecule has 21 heavy (non-hydrogen) atoms. The van der Waals surface area contributed by atoms with Crippen molar-refractivity contribution in [2.45, 2.75) is 57.8 Å². The summed E-state index contributed by atoms with van der Waals surface area (Å²) in [7, 11) is 0. The van der Waals surface area contributed by atoms with Crippen LogP contribution in [0.2, 0.25) is 0 Å². The maximum absolute atomic E-state index is 12.5. The highest BCUT2D eigenvalue weighted by Gasteiger charge is 2.28. The molecule has 1 unspecified atom stereocenters. The van der Waals surface area contributed by atoms with Crippen molar-refractivity contribution in [3.63, 3.8) is 0 Å². The van der Waals surface area contributed by atoms with Gasteiger partial charge in [0.2, 0.25) is 11.8 Å². The maximum Gasteiger partial charge on any atom is 0.226 e. The van der Waals surface area contributed by atoms with Crippen molar-refractivity contribution in [1.82, 2.24) is 15.0 Å². The van der Waals surface area contributed by atoms with Crippen LogP contribution >= 0.6 is 0 Å². The topological polar surface area (TPSA) is 59.2 Å². The Labute approximate surface area is 125 Å². The van der Waals surface area contributed by atoms with Crippen LogP contribution in [0.25, 0.3) is 0 Å². The first-order valence-corrected chi connectivity index (χ1v) is 7.98. The fraction of sp³-hybridized carbons (Fsp3) is 0.688. The van der Waals surface area contributed by atoms with Crippen LogP contribution in [0.15, 0.2) is 16.2 Å². The molecule has 1 amide bonds. The minimum absolute atomic E-state index is 0.223. The van der Waals surface area contributed by atoms with Crippen LogP contribution in [0.1, 0.15) is 62.6 Å². The number of aryl methyl sites for hydroxylation is 1. The van der Waals surface area contributed by atoms with Crippen molar-refractivity contribution in [3.05, 3.63) is 23.4 Å². The summed E-state index contributed by atoms with van der Waals surface area (Å²) in [4.78, 5) is 18.8. The molecule has 5 heteroatoms. The molecule has 1 aromatic heterocycles. The second kappa shape index (κ2) is 6.41. The summed E-state index contributed by atoms with van der Waals surface area (Å²) >= 11 is 0. The largest absolute Gasteiger partial charge is 0.342 e. The van der Waals surface area contributed by atoms with E-state index in [0.717, 1.165) is 44.6 Å². The molecular formula is C16H23N3O2. The first-order valence-electron chi connectivity index (χ1n) is 7.98. The van der Waals surface area contributed by atoms with Crippen molar-refractivity contribution in [1.29, 1.82) is 0 Å². The lowest BCUT2D eigenvalue weighted by Gasteiger charge is -2.31. The molecule has 1 aromatic rings. The minimum Gasteiger partial charge on any atom is -0.342 e. The Morgan fingerprint density at radius 2 is 2.33 bits per heavy atom. The highest BCUT2D eigenvalue weighted by Crippen LogP contribution is 2.27. The van der Waals surface area contributed by atoms with Gasteiger partial charge in [-0.05, 0) is 38.5 Å². The molecule has 0 radical (unpaired) electrons. The predicted molar refractivity (Wildman–Crippen MR) is 78.8 cm³/mol. The van der Waals surface area contributed by atoms with E-state index in [1.165, 1.54) is 18.4 Å². The van der Waals surface area contributed by atoms with E-state index >= 15 is 0 Å². The average molecular weight is 289 g/mol. The molecule has 1 saturated heterocycles. The number of hydrogen-bond acceptors (Lipinski definition) is 4. The summed E-state index contributed by atoms with van der Waals surface area (Å²) in [5, 5.41) is 4.01. The highest BCUT2D eigenvalue weighted by atomic mass is 16.5. The smallest absolute Gasteiger partial charge is 0.226 e. The van der Waals surface area contributed by atoms with Crippen LogP contribution in [-0.2, 0) is 4.79 Å². The summed E-state index contributed by atoms with van der Waals surface area (Å²) in [5.41, 5.74) is 1.32. The normalized spacial score (nSPS) is 23.0. The number of carbonyl (C=O) groups is 1. The van der Waals surface area contributed by atoms with Gasteiger partial charge in [0.25, 0.3) is 0 Å². The van der Waals surface area contributed by atoms with Crippen LogP contribution in [0, 0.1) is 6.92 Å². The monoisotopic (exact) mass is 289 g/mol. The molecule has 114 valence electrons. The molecule has 0 spiro atoms. The Morgan fingerprint density at radius 3 is 3.05 bits per heavy atom. The van der Waals surface area contributed by atoms with Crippen molar-refractivity contribution in [2.24, 2.45) is 0 Å². The zero-order valence-electron chi connectivity index (χ0n) is 12.7. The van der Waals surface area contributed by atoms with Gasteiger partial charge in [0, 0.05) is 32.4 Å². The van der Waals surface area contributed by atoms with Gasteiger partial charge in [0.05, 0.1) is 0 Å². The Kier molecular flexibility index (Phi) is 4.36. The van der Waals surface area contributed by atoms with Gasteiger partial charge in [-0.3, -0.25) is 4.79 Å². The molecule has 2 aliphatic rings. The van der Waals surface area contributed by atoms with Gasteiger partial charge >= 0.3 is 0 Å². The molecule has 1 aliphatic carbocycles. The van der Waals surface area contributed by atoms with Gasteiger partial charge in [-0.25, -0.2) is 0 Å². The molecule has 1 atom stereocenters.